The average Bonchev–Trinajstić information content (AvgIpc) is 3.01. The van der Waals surface area contributed by atoms with Crippen LogP contribution in [0.15, 0.2) is 0 Å². The molecule has 3 fully saturated rings. The third-order valence-electron chi connectivity index (χ3n) is 5.12. The van der Waals surface area contributed by atoms with Crippen molar-refractivity contribution in [3.05, 3.63) is 0 Å². The van der Waals surface area contributed by atoms with Crippen molar-refractivity contribution in [2.24, 2.45) is 5.92 Å². The first-order chi connectivity index (χ1) is 10.5. The standard InChI is InChI=1S/C16H26N2O3S/c1-3-21-10-12-5-4-8-17(9-12)15(20)13-11-22-16(2)7-6-14(19)18(13)16/h12-13H,3-11H2,1-2H3/t12-,13+,16-/m1/s1. The Kier molecular flexibility index (Phi) is 4.69. The Balaban J connectivity index is 1.65. The van der Waals surface area contributed by atoms with Gasteiger partial charge in [0.25, 0.3) is 0 Å². The maximum absolute atomic E-state index is 12.9. The molecule has 3 aliphatic rings. The largest absolute Gasteiger partial charge is 0.381 e. The van der Waals surface area contributed by atoms with Crippen molar-refractivity contribution in [1.82, 2.24) is 9.80 Å². The number of amides is 2. The smallest absolute Gasteiger partial charge is 0.246 e. The molecule has 0 spiro atoms. The molecule has 0 saturated carbocycles. The molecule has 0 aliphatic carbocycles. The maximum atomic E-state index is 12.9. The van der Waals surface area contributed by atoms with Crippen LogP contribution in [-0.2, 0) is 14.3 Å². The minimum atomic E-state index is -0.254. The molecule has 0 bridgehead atoms. The van der Waals surface area contributed by atoms with E-state index in [2.05, 4.69) is 6.92 Å². The van der Waals surface area contributed by atoms with Crippen molar-refractivity contribution in [3.8, 4) is 0 Å². The minimum Gasteiger partial charge on any atom is -0.381 e. The van der Waals surface area contributed by atoms with Gasteiger partial charge >= 0.3 is 0 Å². The molecule has 0 radical (unpaired) electrons. The Hall–Kier alpha value is -0.750. The van der Waals surface area contributed by atoms with E-state index in [1.165, 1.54) is 0 Å². The summed E-state index contributed by atoms with van der Waals surface area (Å²) in [5.74, 6) is 1.47. The number of nitrogens with zero attached hydrogens (tertiary/aromatic N) is 2. The van der Waals surface area contributed by atoms with Crippen LogP contribution in [-0.4, -0.2) is 64.6 Å². The normalized spacial score (nSPS) is 35.1. The van der Waals surface area contributed by atoms with Gasteiger partial charge in [0.05, 0.1) is 11.5 Å². The number of carbonyl (C=O) groups is 2. The highest BCUT2D eigenvalue weighted by atomic mass is 32.2. The van der Waals surface area contributed by atoms with Gasteiger partial charge in [0.2, 0.25) is 11.8 Å². The molecule has 3 atom stereocenters. The molecule has 3 heterocycles. The molecule has 3 saturated heterocycles. The van der Waals surface area contributed by atoms with Gasteiger partial charge in [-0.3, -0.25) is 9.59 Å². The van der Waals surface area contributed by atoms with Crippen LogP contribution in [0.5, 0.6) is 0 Å². The molecule has 124 valence electrons. The summed E-state index contributed by atoms with van der Waals surface area (Å²) in [6.45, 7) is 7.16. The zero-order valence-corrected chi connectivity index (χ0v) is 14.4. The van der Waals surface area contributed by atoms with Gasteiger partial charge in [0.15, 0.2) is 0 Å². The zero-order valence-electron chi connectivity index (χ0n) is 13.5. The second-order valence-corrected chi connectivity index (χ2v) is 8.22. The number of likely N-dealkylation sites (tertiary alicyclic amines) is 1. The molecule has 3 aliphatic heterocycles. The topological polar surface area (TPSA) is 49.9 Å². The number of ether oxygens (including phenoxy) is 1. The average molecular weight is 326 g/mol. The van der Waals surface area contributed by atoms with Crippen molar-refractivity contribution < 1.29 is 14.3 Å². The molecule has 0 aromatic heterocycles. The number of carbonyl (C=O) groups excluding carboxylic acids is 2. The van der Waals surface area contributed by atoms with Gasteiger partial charge in [-0.15, -0.1) is 11.8 Å². The van der Waals surface area contributed by atoms with Crippen LogP contribution in [0.1, 0.15) is 39.5 Å². The van der Waals surface area contributed by atoms with Crippen LogP contribution in [0.4, 0.5) is 0 Å². The molecule has 0 unspecified atom stereocenters. The van der Waals surface area contributed by atoms with Crippen molar-refractivity contribution in [2.75, 3.05) is 32.1 Å². The summed E-state index contributed by atoms with van der Waals surface area (Å²) in [6.07, 6.45) is 3.62. The maximum Gasteiger partial charge on any atom is 0.246 e. The quantitative estimate of drug-likeness (QED) is 0.789. The molecular formula is C16H26N2O3S. The lowest BCUT2D eigenvalue weighted by atomic mass is 9.98. The fourth-order valence-corrected chi connectivity index (χ4v) is 5.32. The molecule has 0 aromatic carbocycles. The first-order valence-corrected chi connectivity index (χ1v) is 9.36. The van der Waals surface area contributed by atoms with Crippen molar-refractivity contribution >= 4 is 23.6 Å². The number of hydrogen-bond acceptors (Lipinski definition) is 4. The number of hydrogen-bond donors (Lipinski definition) is 0. The van der Waals surface area contributed by atoms with Crippen molar-refractivity contribution in [3.63, 3.8) is 0 Å². The summed E-state index contributed by atoms with van der Waals surface area (Å²) >= 11 is 1.77. The van der Waals surface area contributed by atoms with Gasteiger partial charge < -0.3 is 14.5 Å². The van der Waals surface area contributed by atoms with Gasteiger partial charge in [-0.2, -0.15) is 0 Å². The molecule has 22 heavy (non-hydrogen) atoms. The van der Waals surface area contributed by atoms with Gasteiger partial charge in [0.1, 0.15) is 6.04 Å². The first kappa shape index (κ1) is 16.1. The minimum absolute atomic E-state index is 0.146. The number of fused-ring (bicyclic) bond motifs is 1. The first-order valence-electron chi connectivity index (χ1n) is 8.38. The van der Waals surface area contributed by atoms with Gasteiger partial charge in [-0.05, 0) is 39.0 Å². The van der Waals surface area contributed by atoms with E-state index in [0.29, 0.717) is 12.3 Å². The molecule has 5 nitrogen and oxygen atoms in total. The molecule has 3 rings (SSSR count). The summed E-state index contributed by atoms with van der Waals surface area (Å²) in [5.41, 5.74) is 0. The Morgan fingerprint density at radius 2 is 2.32 bits per heavy atom. The highest BCUT2D eigenvalue weighted by Crippen LogP contribution is 2.47. The van der Waals surface area contributed by atoms with E-state index in [9.17, 15) is 9.59 Å². The van der Waals surface area contributed by atoms with Gasteiger partial charge in [0, 0.05) is 31.9 Å². The lowest BCUT2D eigenvalue weighted by Crippen LogP contribution is -2.53. The SMILES string of the molecule is CCOC[C@@H]1CCCN(C(=O)[C@@H]2CS[C@]3(C)CCC(=O)N23)C1. The van der Waals surface area contributed by atoms with E-state index in [1.54, 1.807) is 11.8 Å². The van der Waals surface area contributed by atoms with Gasteiger partial charge in [-0.1, -0.05) is 0 Å². The molecule has 0 N–H and O–H groups in total. The zero-order chi connectivity index (χ0) is 15.7. The fourth-order valence-electron chi connectivity index (χ4n) is 3.90. The second kappa shape index (κ2) is 6.40. The van der Waals surface area contributed by atoms with E-state index >= 15 is 0 Å². The summed E-state index contributed by atoms with van der Waals surface area (Å²) in [4.78, 5) is 28.8. The predicted octanol–water partition coefficient (Wildman–Crippen LogP) is 1.72. The molecule has 6 heteroatoms. The molecule has 2 amide bonds. The lowest BCUT2D eigenvalue weighted by molar-refractivity contribution is -0.145. The number of rotatable bonds is 4. The van der Waals surface area contributed by atoms with E-state index in [1.807, 2.05) is 16.7 Å². The fraction of sp³-hybridized carbons (Fsp3) is 0.875. The number of piperidine rings is 1. The van der Waals surface area contributed by atoms with E-state index in [-0.39, 0.29) is 22.7 Å². The van der Waals surface area contributed by atoms with Crippen LogP contribution in [0.2, 0.25) is 0 Å². The monoisotopic (exact) mass is 326 g/mol. The van der Waals surface area contributed by atoms with E-state index in [0.717, 1.165) is 51.3 Å². The Bertz CT molecular complexity index is 459. The second-order valence-electron chi connectivity index (χ2n) is 6.72. The predicted molar refractivity (Wildman–Crippen MR) is 86.5 cm³/mol. The highest BCUT2D eigenvalue weighted by Gasteiger charge is 2.53. The third-order valence-corrected chi connectivity index (χ3v) is 6.62. The third kappa shape index (κ3) is 2.87. The van der Waals surface area contributed by atoms with Gasteiger partial charge in [-0.25, -0.2) is 0 Å². The molecular weight excluding hydrogens is 300 g/mol. The van der Waals surface area contributed by atoms with Crippen LogP contribution >= 0.6 is 11.8 Å². The van der Waals surface area contributed by atoms with E-state index < -0.39 is 0 Å². The molecule has 0 aromatic rings. The lowest BCUT2D eigenvalue weighted by Gasteiger charge is -2.37. The summed E-state index contributed by atoms with van der Waals surface area (Å²) in [5, 5.41) is 0. The summed E-state index contributed by atoms with van der Waals surface area (Å²) in [6, 6.07) is -0.254. The van der Waals surface area contributed by atoms with Crippen LogP contribution < -0.4 is 0 Å². The summed E-state index contributed by atoms with van der Waals surface area (Å²) < 4.78 is 5.52. The summed E-state index contributed by atoms with van der Waals surface area (Å²) in [7, 11) is 0. The Labute approximate surface area is 136 Å². The van der Waals surface area contributed by atoms with Crippen molar-refractivity contribution in [2.45, 2.75) is 50.4 Å². The Morgan fingerprint density at radius 1 is 1.50 bits per heavy atom. The Morgan fingerprint density at radius 3 is 3.09 bits per heavy atom. The number of thioether (sulfide) groups is 1. The van der Waals surface area contributed by atoms with E-state index in [4.69, 9.17) is 4.74 Å². The van der Waals surface area contributed by atoms with Crippen molar-refractivity contribution in [1.29, 1.82) is 0 Å². The van der Waals surface area contributed by atoms with Crippen LogP contribution in [0.3, 0.4) is 0 Å². The van der Waals surface area contributed by atoms with Crippen LogP contribution in [0, 0.1) is 5.92 Å². The van der Waals surface area contributed by atoms with Crippen LogP contribution in [0.25, 0.3) is 0 Å². The highest BCUT2D eigenvalue weighted by molar-refractivity contribution is 8.01.